The number of hydrogen-bond donors (Lipinski definition) is 1. The van der Waals surface area contributed by atoms with Gasteiger partial charge in [-0.1, -0.05) is 12.1 Å². The second-order valence-electron chi connectivity index (χ2n) is 6.60. The normalized spacial score (nSPS) is 20.0. The van der Waals surface area contributed by atoms with Crippen LogP contribution >= 0.6 is 0 Å². The Kier molecular flexibility index (Phi) is 4.91. The van der Waals surface area contributed by atoms with E-state index < -0.39 is 29.5 Å². The number of alkyl halides is 3. The first-order valence-electron chi connectivity index (χ1n) is 8.32. The van der Waals surface area contributed by atoms with Crippen LogP contribution in [0.25, 0.3) is 0 Å². The van der Waals surface area contributed by atoms with Crippen molar-refractivity contribution in [1.29, 1.82) is 0 Å². The van der Waals surface area contributed by atoms with E-state index in [1.54, 1.807) is 26.2 Å². The SMILES string of the molecule is Cc1ccncc1NC(=O)[C@H]1C(=O)N(C)C[C@@H]1c1ccc(C(F)(F)F)cc1. The molecule has 0 aliphatic carbocycles. The van der Waals surface area contributed by atoms with Gasteiger partial charge in [-0.15, -0.1) is 0 Å². The molecule has 2 aromatic rings. The highest BCUT2D eigenvalue weighted by Gasteiger charge is 2.44. The minimum absolute atomic E-state index is 0.258. The molecular formula is C19H18F3N3O2. The van der Waals surface area contributed by atoms with E-state index in [9.17, 15) is 22.8 Å². The number of benzene rings is 1. The summed E-state index contributed by atoms with van der Waals surface area (Å²) in [7, 11) is 1.57. The average Bonchev–Trinajstić information content (AvgIpc) is 2.91. The smallest absolute Gasteiger partial charge is 0.344 e. The zero-order valence-electron chi connectivity index (χ0n) is 14.7. The van der Waals surface area contributed by atoms with E-state index in [4.69, 9.17) is 0 Å². The monoisotopic (exact) mass is 377 g/mol. The maximum Gasteiger partial charge on any atom is 0.416 e. The summed E-state index contributed by atoms with van der Waals surface area (Å²) in [6, 6.07) is 6.33. The van der Waals surface area contributed by atoms with Crippen LogP contribution in [0.1, 0.15) is 22.6 Å². The zero-order valence-corrected chi connectivity index (χ0v) is 14.7. The number of amides is 2. The Balaban J connectivity index is 1.87. The molecule has 1 aromatic heterocycles. The molecule has 2 atom stereocenters. The molecule has 1 aliphatic rings. The summed E-state index contributed by atoms with van der Waals surface area (Å²) in [6.07, 6.45) is -1.36. The van der Waals surface area contributed by atoms with Gasteiger partial charge in [0.05, 0.1) is 17.4 Å². The van der Waals surface area contributed by atoms with Crippen LogP contribution in [0.4, 0.5) is 18.9 Å². The van der Waals surface area contributed by atoms with Crippen LogP contribution in [-0.4, -0.2) is 35.3 Å². The standard InChI is InChI=1S/C19H18F3N3O2/c1-11-7-8-23-9-15(11)24-17(26)16-14(10-25(2)18(16)27)12-3-5-13(6-4-12)19(20,21)22/h3-9,14,16H,10H2,1-2H3,(H,24,26)/t14-,16+/m1/s1. The van der Waals surface area contributed by atoms with E-state index in [0.717, 1.165) is 17.7 Å². The van der Waals surface area contributed by atoms with E-state index in [1.807, 2.05) is 0 Å². The predicted octanol–water partition coefficient (Wildman–Crippen LogP) is 3.22. The second kappa shape index (κ2) is 7.02. The van der Waals surface area contributed by atoms with Gasteiger partial charge in [-0.25, -0.2) is 0 Å². The van der Waals surface area contributed by atoms with E-state index in [0.29, 0.717) is 11.3 Å². The first kappa shape index (κ1) is 18.9. The molecule has 8 heteroatoms. The van der Waals surface area contributed by atoms with E-state index in [1.165, 1.54) is 23.2 Å². The molecule has 0 bridgehead atoms. The number of carbonyl (C=O) groups excluding carboxylic acids is 2. The molecule has 2 amide bonds. The number of likely N-dealkylation sites (tertiary alicyclic amines) is 1. The van der Waals surface area contributed by atoms with E-state index in [-0.39, 0.29) is 12.5 Å². The van der Waals surface area contributed by atoms with Crippen molar-refractivity contribution in [2.24, 2.45) is 5.92 Å². The number of pyridine rings is 1. The Morgan fingerprint density at radius 1 is 1.22 bits per heavy atom. The minimum atomic E-state index is -4.44. The summed E-state index contributed by atoms with van der Waals surface area (Å²) in [5.74, 6) is -2.39. The number of nitrogens with zero attached hydrogens (tertiary/aromatic N) is 2. The third-order valence-corrected chi connectivity index (χ3v) is 4.76. The van der Waals surface area contributed by atoms with Gasteiger partial charge >= 0.3 is 6.18 Å². The molecular weight excluding hydrogens is 359 g/mol. The Hall–Kier alpha value is -2.90. The van der Waals surface area contributed by atoms with E-state index in [2.05, 4.69) is 10.3 Å². The number of hydrogen-bond acceptors (Lipinski definition) is 3. The molecule has 1 saturated heterocycles. The van der Waals surface area contributed by atoms with Crippen molar-refractivity contribution in [3.63, 3.8) is 0 Å². The van der Waals surface area contributed by atoms with Crippen molar-refractivity contribution < 1.29 is 22.8 Å². The van der Waals surface area contributed by atoms with Crippen molar-refractivity contribution in [3.05, 3.63) is 59.4 Å². The number of carbonyl (C=O) groups is 2. The lowest BCUT2D eigenvalue weighted by atomic mass is 9.87. The molecule has 5 nitrogen and oxygen atoms in total. The van der Waals surface area contributed by atoms with Crippen LogP contribution in [0.3, 0.4) is 0 Å². The first-order valence-corrected chi connectivity index (χ1v) is 8.32. The number of nitrogens with one attached hydrogen (secondary N) is 1. The molecule has 3 rings (SSSR count). The topological polar surface area (TPSA) is 62.3 Å². The van der Waals surface area contributed by atoms with Crippen molar-refractivity contribution in [1.82, 2.24) is 9.88 Å². The van der Waals surface area contributed by atoms with Crippen molar-refractivity contribution in [2.45, 2.75) is 19.0 Å². The number of likely N-dealkylation sites (N-methyl/N-ethyl adjacent to an activating group) is 1. The van der Waals surface area contributed by atoms with Crippen LogP contribution in [-0.2, 0) is 15.8 Å². The minimum Gasteiger partial charge on any atom is -0.344 e. The van der Waals surface area contributed by atoms with Gasteiger partial charge in [0.2, 0.25) is 11.8 Å². The lowest BCUT2D eigenvalue weighted by molar-refractivity contribution is -0.138. The lowest BCUT2D eigenvalue weighted by Crippen LogP contribution is -2.33. The third-order valence-electron chi connectivity index (χ3n) is 4.76. The summed E-state index contributed by atoms with van der Waals surface area (Å²) in [5.41, 5.74) is 1.04. The molecule has 142 valence electrons. The van der Waals surface area contributed by atoms with Crippen LogP contribution < -0.4 is 5.32 Å². The zero-order chi connectivity index (χ0) is 19.8. The fourth-order valence-corrected chi connectivity index (χ4v) is 3.22. The van der Waals surface area contributed by atoms with Crippen LogP contribution in [0.2, 0.25) is 0 Å². The maximum atomic E-state index is 12.8. The predicted molar refractivity (Wildman–Crippen MR) is 92.9 cm³/mol. The van der Waals surface area contributed by atoms with Gasteiger partial charge in [-0.3, -0.25) is 14.6 Å². The van der Waals surface area contributed by atoms with Gasteiger partial charge in [0.1, 0.15) is 5.92 Å². The highest BCUT2D eigenvalue weighted by Crippen LogP contribution is 2.36. The van der Waals surface area contributed by atoms with Gasteiger partial charge in [0, 0.05) is 25.7 Å². The average molecular weight is 377 g/mol. The highest BCUT2D eigenvalue weighted by molar-refractivity contribution is 6.08. The summed E-state index contributed by atoms with van der Waals surface area (Å²) < 4.78 is 38.3. The summed E-state index contributed by atoms with van der Waals surface area (Å²) in [5, 5.41) is 2.71. The summed E-state index contributed by atoms with van der Waals surface area (Å²) >= 11 is 0. The number of anilines is 1. The highest BCUT2D eigenvalue weighted by atomic mass is 19.4. The maximum absolute atomic E-state index is 12.8. The first-order chi connectivity index (χ1) is 12.7. The van der Waals surface area contributed by atoms with Crippen molar-refractivity contribution in [2.75, 3.05) is 18.9 Å². The summed E-state index contributed by atoms with van der Waals surface area (Å²) in [4.78, 5) is 30.6. The van der Waals surface area contributed by atoms with Gasteiger partial charge in [-0.2, -0.15) is 13.2 Å². The molecule has 0 radical (unpaired) electrons. The molecule has 0 spiro atoms. The Morgan fingerprint density at radius 3 is 2.48 bits per heavy atom. The fraction of sp³-hybridized carbons (Fsp3) is 0.316. The van der Waals surface area contributed by atoms with Gasteiger partial charge < -0.3 is 10.2 Å². The molecule has 1 aliphatic heterocycles. The molecule has 1 N–H and O–H groups in total. The number of aryl methyl sites for hydroxylation is 1. The summed E-state index contributed by atoms with van der Waals surface area (Å²) in [6.45, 7) is 2.06. The van der Waals surface area contributed by atoms with Gasteiger partial charge in [0.15, 0.2) is 0 Å². The van der Waals surface area contributed by atoms with Crippen LogP contribution in [0, 0.1) is 12.8 Å². The number of aromatic nitrogens is 1. The van der Waals surface area contributed by atoms with Gasteiger partial charge in [0.25, 0.3) is 0 Å². The van der Waals surface area contributed by atoms with E-state index >= 15 is 0 Å². The second-order valence-corrected chi connectivity index (χ2v) is 6.60. The molecule has 1 fully saturated rings. The molecule has 0 unspecified atom stereocenters. The molecule has 2 heterocycles. The number of halogens is 3. The molecule has 1 aromatic carbocycles. The Labute approximate surface area is 154 Å². The van der Waals surface area contributed by atoms with Crippen LogP contribution in [0.15, 0.2) is 42.7 Å². The van der Waals surface area contributed by atoms with Crippen molar-refractivity contribution in [3.8, 4) is 0 Å². The molecule has 0 saturated carbocycles. The number of rotatable bonds is 3. The van der Waals surface area contributed by atoms with Crippen molar-refractivity contribution >= 4 is 17.5 Å². The van der Waals surface area contributed by atoms with Gasteiger partial charge in [-0.05, 0) is 36.2 Å². The fourth-order valence-electron chi connectivity index (χ4n) is 3.22. The quantitative estimate of drug-likeness (QED) is 0.836. The third kappa shape index (κ3) is 3.79. The van der Waals surface area contributed by atoms with Crippen LogP contribution in [0.5, 0.6) is 0 Å². The lowest BCUT2D eigenvalue weighted by Gasteiger charge is -2.18. The molecule has 27 heavy (non-hydrogen) atoms. The Morgan fingerprint density at radius 2 is 1.89 bits per heavy atom. The largest absolute Gasteiger partial charge is 0.416 e. The Bertz CT molecular complexity index is 865.